The Hall–Kier alpha value is -3.89. The lowest BCUT2D eigenvalue weighted by Crippen LogP contribution is -2.51. The molecule has 2 amide bonds. The van der Waals surface area contributed by atoms with Crippen LogP contribution in [0.5, 0.6) is 5.75 Å². The van der Waals surface area contributed by atoms with Crippen molar-refractivity contribution >= 4 is 33.3 Å². The van der Waals surface area contributed by atoms with E-state index in [4.69, 9.17) is 4.74 Å². The highest BCUT2D eigenvalue weighted by atomic mass is 32.2. The molecule has 1 heterocycles. The number of unbranched alkanes of at least 4 members (excludes halogenated alkanes) is 1. The number of fused-ring (bicyclic) bond motifs is 1. The number of Topliss-reactive ketones (excluding diaryl/α,β-unsaturated/α-hetero) is 1. The van der Waals surface area contributed by atoms with Crippen LogP contribution in [0.3, 0.4) is 0 Å². The highest BCUT2D eigenvalue weighted by Crippen LogP contribution is 2.35. The molecule has 0 saturated carbocycles. The van der Waals surface area contributed by atoms with Gasteiger partial charge in [-0.25, -0.2) is 17.6 Å². The van der Waals surface area contributed by atoms with E-state index < -0.39 is 111 Å². The molecule has 0 saturated heterocycles. The van der Waals surface area contributed by atoms with Crippen molar-refractivity contribution in [3.05, 3.63) is 53.3 Å². The number of benzene rings is 2. The predicted octanol–water partition coefficient (Wildman–Crippen LogP) is 6.24. The summed E-state index contributed by atoms with van der Waals surface area (Å²) in [6.45, 7) is 4.01. The molecule has 2 aromatic rings. The smallest absolute Gasteiger partial charge is 0.444 e. The molecule has 9 nitrogen and oxygen atoms in total. The molecule has 2 aromatic carbocycles. The van der Waals surface area contributed by atoms with Crippen LogP contribution in [0.25, 0.3) is 0 Å². The molecule has 1 N–H and O–H groups in total. The van der Waals surface area contributed by atoms with E-state index in [2.05, 4.69) is 10.1 Å². The largest absolute Gasteiger partial charge is 0.573 e. The number of alkyl carbamates (subject to hydrolysis) is 1. The Morgan fingerprint density at radius 3 is 2.18 bits per heavy atom. The summed E-state index contributed by atoms with van der Waals surface area (Å²) in [6, 6.07) is 3.64. The molecule has 45 heavy (non-hydrogen) atoms. The number of halogens is 7. The van der Waals surface area contributed by atoms with E-state index in [9.17, 15) is 49.1 Å². The molecular formula is C28H29F7N2O7S. The number of ketones is 1. The zero-order valence-corrected chi connectivity index (χ0v) is 25.0. The Kier molecular flexibility index (Phi) is 10.5. The fraction of sp³-hybridized carbons (Fsp3) is 0.464. The second-order valence-electron chi connectivity index (χ2n) is 11.1. The van der Waals surface area contributed by atoms with Gasteiger partial charge in [0.25, 0.3) is 5.91 Å². The molecule has 0 unspecified atom stereocenters. The second-order valence-corrected chi connectivity index (χ2v) is 13.1. The van der Waals surface area contributed by atoms with Crippen molar-refractivity contribution in [1.29, 1.82) is 0 Å². The minimum absolute atomic E-state index is 0.142. The zero-order valence-electron chi connectivity index (χ0n) is 24.1. The lowest BCUT2D eigenvalue weighted by molar-refractivity contribution is -0.274. The molecule has 1 atom stereocenters. The van der Waals surface area contributed by atoms with Gasteiger partial charge in [0.15, 0.2) is 15.6 Å². The van der Waals surface area contributed by atoms with E-state index in [1.54, 1.807) is 0 Å². The fourth-order valence-corrected chi connectivity index (χ4v) is 5.96. The van der Waals surface area contributed by atoms with Crippen molar-refractivity contribution in [3.63, 3.8) is 0 Å². The Morgan fingerprint density at radius 2 is 1.62 bits per heavy atom. The topological polar surface area (TPSA) is 119 Å². The maximum absolute atomic E-state index is 15.2. The van der Waals surface area contributed by atoms with E-state index >= 15 is 4.39 Å². The molecule has 3 rings (SSSR count). The Balaban J connectivity index is 2.05. The summed E-state index contributed by atoms with van der Waals surface area (Å²) in [6.07, 6.45) is -13.0. The minimum atomic E-state index is -4.99. The minimum Gasteiger partial charge on any atom is -0.444 e. The van der Waals surface area contributed by atoms with Gasteiger partial charge >= 0.3 is 18.6 Å². The number of sulfone groups is 1. The van der Waals surface area contributed by atoms with Crippen LogP contribution in [0, 0.1) is 5.82 Å². The first-order valence-corrected chi connectivity index (χ1v) is 15.0. The summed E-state index contributed by atoms with van der Waals surface area (Å²) in [5.74, 6) is -4.95. The van der Waals surface area contributed by atoms with Crippen LogP contribution in [-0.2, 0) is 25.9 Å². The summed E-state index contributed by atoms with van der Waals surface area (Å²) < 4.78 is 126. The van der Waals surface area contributed by atoms with Gasteiger partial charge in [-0.3, -0.25) is 9.59 Å². The number of carbonyl (C=O) groups is 3. The van der Waals surface area contributed by atoms with Crippen molar-refractivity contribution in [2.45, 2.75) is 82.1 Å². The number of ether oxygens (including phenoxy) is 2. The zero-order chi connectivity index (χ0) is 34.0. The summed E-state index contributed by atoms with van der Waals surface area (Å²) in [5.41, 5.74) is -2.08. The summed E-state index contributed by atoms with van der Waals surface area (Å²) in [5, 5.41) is 2.18. The molecule has 17 heteroatoms. The number of nitrogens with zero attached hydrogens (tertiary/aromatic N) is 1. The van der Waals surface area contributed by atoms with Crippen LogP contribution >= 0.6 is 0 Å². The molecule has 248 valence electrons. The Bertz CT molecular complexity index is 1530. The van der Waals surface area contributed by atoms with Gasteiger partial charge in [-0.2, -0.15) is 13.2 Å². The van der Waals surface area contributed by atoms with Gasteiger partial charge in [0.05, 0.1) is 28.4 Å². The van der Waals surface area contributed by atoms with Crippen LogP contribution in [-0.4, -0.2) is 56.1 Å². The van der Waals surface area contributed by atoms with Crippen molar-refractivity contribution in [2.75, 3.05) is 10.7 Å². The van der Waals surface area contributed by atoms with Crippen LogP contribution in [0.4, 0.5) is 41.2 Å². The van der Waals surface area contributed by atoms with Crippen LogP contribution < -0.4 is 15.0 Å². The van der Waals surface area contributed by atoms with Crippen molar-refractivity contribution in [3.8, 4) is 5.75 Å². The van der Waals surface area contributed by atoms with Gasteiger partial charge in [-0.15, -0.1) is 13.2 Å². The molecule has 0 radical (unpaired) electrons. The number of anilines is 1. The molecule has 0 bridgehead atoms. The first-order chi connectivity index (χ1) is 20.5. The number of carbonyl (C=O) groups excluding carboxylic acids is 3. The molecule has 0 spiro atoms. The van der Waals surface area contributed by atoms with E-state index in [0.717, 1.165) is 35.2 Å². The quantitative estimate of drug-likeness (QED) is 0.191. The van der Waals surface area contributed by atoms with Crippen molar-refractivity contribution in [1.82, 2.24) is 5.32 Å². The highest BCUT2D eigenvalue weighted by molar-refractivity contribution is 7.91. The van der Waals surface area contributed by atoms with Crippen molar-refractivity contribution in [2.24, 2.45) is 0 Å². The Labute approximate surface area is 253 Å². The standard InChI is InChI=1S/C28H29F7N2O7S/c1-26(2,3)44-25(40)36-20-15-45(41,42)23-13-19(29)18(22(38)6-4-5-11-27(30,31)32)12-21(23)37(24(20)39)14-16-7-9-17(10-8-16)43-28(33,34)35/h7-10,12-13,20H,4-6,11,14-15H2,1-3H3,(H,36,40)/t20-/m0/s1. The molecule has 1 aliphatic rings. The maximum Gasteiger partial charge on any atom is 0.573 e. The predicted molar refractivity (Wildman–Crippen MR) is 145 cm³/mol. The van der Waals surface area contributed by atoms with E-state index in [-0.39, 0.29) is 12.0 Å². The monoisotopic (exact) mass is 670 g/mol. The van der Waals surface area contributed by atoms with Gasteiger partial charge in [-0.1, -0.05) is 12.1 Å². The summed E-state index contributed by atoms with van der Waals surface area (Å²) in [4.78, 5) is 39.1. The van der Waals surface area contributed by atoms with E-state index in [1.165, 1.54) is 20.8 Å². The van der Waals surface area contributed by atoms with Gasteiger partial charge in [0.1, 0.15) is 23.2 Å². The fourth-order valence-electron chi connectivity index (χ4n) is 4.35. The lowest BCUT2D eigenvalue weighted by atomic mass is 10.0. The summed E-state index contributed by atoms with van der Waals surface area (Å²) >= 11 is 0. The Morgan fingerprint density at radius 1 is 1.00 bits per heavy atom. The number of hydrogen-bond acceptors (Lipinski definition) is 7. The average molecular weight is 671 g/mol. The van der Waals surface area contributed by atoms with Crippen molar-refractivity contribution < 1.29 is 63.0 Å². The molecule has 0 aromatic heterocycles. The lowest BCUT2D eigenvalue weighted by Gasteiger charge is -2.27. The van der Waals surface area contributed by atoms with Crippen LogP contribution in [0.2, 0.25) is 0 Å². The van der Waals surface area contributed by atoms with Crippen LogP contribution in [0.15, 0.2) is 41.3 Å². The molecule has 0 fully saturated rings. The third-order valence-electron chi connectivity index (χ3n) is 6.23. The summed E-state index contributed by atoms with van der Waals surface area (Å²) in [7, 11) is -4.56. The van der Waals surface area contributed by atoms with E-state index in [1.807, 2.05) is 0 Å². The first-order valence-electron chi connectivity index (χ1n) is 13.4. The number of hydrogen-bond donors (Lipinski definition) is 1. The van der Waals surface area contributed by atoms with Gasteiger partial charge < -0.3 is 19.7 Å². The SMILES string of the molecule is CC(C)(C)OC(=O)N[C@H]1CS(=O)(=O)c2cc(F)c(C(=O)CCCCC(F)(F)F)cc2N(Cc2ccc(OC(F)(F)F)cc2)C1=O. The number of rotatable bonds is 9. The number of amides is 2. The van der Waals surface area contributed by atoms with Gasteiger partial charge in [0, 0.05) is 12.8 Å². The number of nitrogens with one attached hydrogen (secondary N) is 1. The van der Waals surface area contributed by atoms with E-state index in [0.29, 0.717) is 6.07 Å². The third kappa shape index (κ3) is 10.3. The van der Waals surface area contributed by atoms with Crippen LogP contribution in [0.1, 0.15) is 62.4 Å². The average Bonchev–Trinajstić information content (AvgIpc) is 2.93. The third-order valence-corrected chi connectivity index (χ3v) is 8.00. The number of alkyl halides is 6. The molecule has 1 aliphatic heterocycles. The molecular weight excluding hydrogens is 641 g/mol. The highest BCUT2D eigenvalue weighted by Gasteiger charge is 2.40. The maximum atomic E-state index is 15.2. The molecule has 0 aliphatic carbocycles. The first kappa shape index (κ1) is 35.6. The van der Waals surface area contributed by atoms with Gasteiger partial charge in [0.2, 0.25) is 0 Å². The van der Waals surface area contributed by atoms with Gasteiger partial charge in [-0.05, 0) is 63.4 Å². The normalized spacial score (nSPS) is 16.9. The second kappa shape index (κ2) is 13.2.